The van der Waals surface area contributed by atoms with Gasteiger partial charge in [-0.25, -0.2) is 4.98 Å². The van der Waals surface area contributed by atoms with Crippen LogP contribution in [0.4, 0.5) is 0 Å². The highest BCUT2D eigenvalue weighted by molar-refractivity contribution is 7.09. The van der Waals surface area contributed by atoms with Crippen LogP contribution in [-0.2, 0) is 4.74 Å². The van der Waals surface area contributed by atoms with Crippen molar-refractivity contribution in [2.24, 2.45) is 0 Å². The number of aryl methyl sites for hydroxylation is 1. The molecule has 1 unspecified atom stereocenters. The maximum atomic E-state index is 5.54. The van der Waals surface area contributed by atoms with E-state index in [-0.39, 0.29) is 5.60 Å². The van der Waals surface area contributed by atoms with E-state index in [2.05, 4.69) is 36.5 Å². The Labute approximate surface area is 108 Å². The highest BCUT2D eigenvalue weighted by atomic mass is 32.1. The predicted molar refractivity (Wildman–Crippen MR) is 71.5 cm³/mol. The Morgan fingerprint density at radius 2 is 2.29 bits per heavy atom. The topological polar surface area (TPSA) is 34.1 Å². The van der Waals surface area contributed by atoms with Crippen LogP contribution in [0.2, 0.25) is 0 Å². The second-order valence-electron chi connectivity index (χ2n) is 5.49. The molecule has 1 N–H and O–H groups in total. The molecule has 1 aromatic heterocycles. The number of methoxy groups -OCH3 is 1. The maximum Gasteiger partial charge on any atom is 0.110 e. The summed E-state index contributed by atoms with van der Waals surface area (Å²) in [6.07, 6.45) is 3.56. The summed E-state index contributed by atoms with van der Waals surface area (Å²) < 4.78 is 5.54. The van der Waals surface area contributed by atoms with Gasteiger partial charge < -0.3 is 10.1 Å². The minimum atomic E-state index is -0.105. The normalized spacial score (nSPS) is 18.4. The molecule has 0 spiro atoms. The van der Waals surface area contributed by atoms with Crippen LogP contribution in [0.15, 0.2) is 5.38 Å². The van der Waals surface area contributed by atoms with E-state index in [1.54, 1.807) is 18.4 Å². The number of thiazole rings is 1. The Morgan fingerprint density at radius 1 is 1.59 bits per heavy atom. The molecule has 17 heavy (non-hydrogen) atoms. The molecule has 4 heteroatoms. The third-order valence-corrected chi connectivity index (χ3v) is 4.27. The smallest absolute Gasteiger partial charge is 0.110 e. The van der Waals surface area contributed by atoms with E-state index < -0.39 is 0 Å². The average Bonchev–Trinajstić information content (AvgIpc) is 2.98. The van der Waals surface area contributed by atoms with Crippen molar-refractivity contribution in [2.45, 2.75) is 57.7 Å². The molecule has 0 radical (unpaired) electrons. The number of hydrogen-bond acceptors (Lipinski definition) is 4. The molecule has 1 aromatic rings. The van der Waals surface area contributed by atoms with Gasteiger partial charge in [-0.1, -0.05) is 0 Å². The third kappa shape index (κ3) is 3.76. The van der Waals surface area contributed by atoms with Crippen molar-refractivity contribution in [3.05, 3.63) is 16.1 Å². The van der Waals surface area contributed by atoms with Gasteiger partial charge in [0.2, 0.25) is 0 Å². The summed E-state index contributed by atoms with van der Waals surface area (Å²) in [6.45, 7) is 6.32. The fourth-order valence-corrected chi connectivity index (χ4v) is 2.72. The van der Waals surface area contributed by atoms with Gasteiger partial charge in [0, 0.05) is 24.2 Å². The lowest BCUT2D eigenvalue weighted by molar-refractivity contribution is 0.00663. The fraction of sp³-hybridized carbons (Fsp3) is 0.769. The zero-order valence-corrected chi connectivity index (χ0v) is 11.9. The first kappa shape index (κ1) is 13.0. The molecule has 2 rings (SSSR count). The maximum absolute atomic E-state index is 5.54. The van der Waals surface area contributed by atoms with Crippen molar-refractivity contribution in [1.29, 1.82) is 0 Å². The molecule has 1 saturated carbocycles. The van der Waals surface area contributed by atoms with Crippen LogP contribution in [0.3, 0.4) is 0 Å². The van der Waals surface area contributed by atoms with Crippen LogP contribution in [0.5, 0.6) is 0 Å². The molecule has 3 nitrogen and oxygen atoms in total. The lowest BCUT2D eigenvalue weighted by atomic mass is 9.99. The third-order valence-electron chi connectivity index (χ3n) is 3.20. The Morgan fingerprint density at radius 3 is 2.76 bits per heavy atom. The number of hydrogen-bond donors (Lipinski definition) is 1. The van der Waals surface area contributed by atoms with Gasteiger partial charge in [0.25, 0.3) is 0 Å². The van der Waals surface area contributed by atoms with Gasteiger partial charge in [-0.15, -0.1) is 11.3 Å². The summed E-state index contributed by atoms with van der Waals surface area (Å²) in [7, 11) is 1.78. The van der Waals surface area contributed by atoms with E-state index in [1.807, 2.05) is 0 Å². The van der Waals surface area contributed by atoms with Gasteiger partial charge in [0.1, 0.15) is 5.01 Å². The molecule has 1 heterocycles. The molecule has 0 aliphatic heterocycles. The van der Waals surface area contributed by atoms with E-state index in [0.717, 1.165) is 12.1 Å². The van der Waals surface area contributed by atoms with Gasteiger partial charge in [-0.3, -0.25) is 0 Å². The minimum Gasteiger partial charge on any atom is -0.379 e. The highest BCUT2D eigenvalue weighted by Crippen LogP contribution is 2.32. The van der Waals surface area contributed by atoms with Gasteiger partial charge in [-0.2, -0.15) is 0 Å². The van der Waals surface area contributed by atoms with E-state index in [0.29, 0.717) is 12.1 Å². The molecular formula is C13H22N2OS. The number of ether oxygens (including phenoxy) is 1. The van der Waals surface area contributed by atoms with Crippen LogP contribution in [0.25, 0.3) is 0 Å². The second kappa shape index (κ2) is 5.04. The molecule has 1 atom stereocenters. The van der Waals surface area contributed by atoms with Gasteiger partial charge in [-0.05, 0) is 40.0 Å². The Bertz CT molecular complexity index is 371. The van der Waals surface area contributed by atoms with Crippen LogP contribution in [-0.4, -0.2) is 23.7 Å². The number of rotatable bonds is 6. The number of nitrogens with one attached hydrogen (secondary N) is 1. The van der Waals surface area contributed by atoms with E-state index in [9.17, 15) is 0 Å². The summed E-state index contributed by atoms with van der Waals surface area (Å²) in [4.78, 5) is 4.61. The van der Waals surface area contributed by atoms with Crippen molar-refractivity contribution in [3.63, 3.8) is 0 Å². The number of aromatic nitrogens is 1. The lowest BCUT2D eigenvalue weighted by Gasteiger charge is -2.28. The monoisotopic (exact) mass is 254 g/mol. The van der Waals surface area contributed by atoms with Crippen LogP contribution < -0.4 is 5.32 Å². The van der Waals surface area contributed by atoms with Crippen molar-refractivity contribution in [3.8, 4) is 0 Å². The summed E-state index contributed by atoms with van der Waals surface area (Å²) in [6, 6.07) is 1.02. The van der Waals surface area contributed by atoms with E-state index in [1.165, 1.54) is 17.8 Å². The van der Waals surface area contributed by atoms with Crippen LogP contribution in [0, 0.1) is 6.92 Å². The summed E-state index contributed by atoms with van der Waals surface area (Å²) in [5.41, 5.74) is 1.01. The highest BCUT2D eigenvalue weighted by Gasteiger charge is 2.31. The largest absolute Gasteiger partial charge is 0.379 e. The van der Waals surface area contributed by atoms with Crippen LogP contribution in [0.1, 0.15) is 49.9 Å². The molecular weight excluding hydrogens is 232 g/mol. The first-order valence-corrected chi connectivity index (χ1v) is 7.11. The average molecular weight is 254 g/mol. The van der Waals surface area contributed by atoms with Crippen molar-refractivity contribution < 1.29 is 4.74 Å². The molecule has 0 amide bonds. The molecule has 0 bridgehead atoms. The molecule has 1 aliphatic carbocycles. The minimum absolute atomic E-state index is 0.105. The predicted octanol–water partition coefficient (Wildman–Crippen LogP) is 3.06. The Balaban J connectivity index is 2.07. The zero-order valence-electron chi connectivity index (χ0n) is 11.1. The van der Waals surface area contributed by atoms with Crippen molar-refractivity contribution >= 4 is 11.3 Å². The quantitative estimate of drug-likeness (QED) is 0.847. The fourth-order valence-electron chi connectivity index (χ4n) is 1.86. The summed E-state index contributed by atoms with van der Waals surface area (Å²) in [5, 5.41) is 6.99. The first-order chi connectivity index (χ1) is 8.00. The molecule has 1 fully saturated rings. The molecule has 1 aliphatic rings. The standard InChI is InChI=1S/C13H22N2OS/c1-9-8-17-12(14-9)11(15-10-5-6-10)7-13(2,3)16-4/h8,10-11,15H,5-7H2,1-4H3. The van der Waals surface area contributed by atoms with Crippen LogP contribution >= 0.6 is 11.3 Å². The Hall–Kier alpha value is -0.450. The number of nitrogens with zero attached hydrogens (tertiary/aromatic N) is 1. The zero-order chi connectivity index (χ0) is 12.5. The Kier molecular flexibility index (Phi) is 3.85. The molecule has 0 saturated heterocycles. The SMILES string of the molecule is COC(C)(C)CC(NC1CC1)c1nc(C)cs1. The van der Waals surface area contributed by atoms with Gasteiger partial charge in [0.15, 0.2) is 0 Å². The summed E-state index contributed by atoms with van der Waals surface area (Å²) >= 11 is 1.75. The van der Waals surface area contributed by atoms with Crippen molar-refractivity contribution in [1.82, 2.24) is 10.3 Å². The van der Waals surface area contributed by atoms with E-state index >= 15 is 0 Å². The van der Waals surface area contributed by atoms with E-state index in [4.69, 9.17) is 4.74 Å². The second-order valence-corrected chi connectivity index (χ2v) is 6.38. The van der Waals surface area contributed by atoms with Gasteiger partial charge in [0.05, 0.1) is 11.6 Å². The van der Waals surface area contributed by atoms with Crippen molar-refractivity contribution in [2.75, 3.05) is 7.11 Å². The lowest BCUT2D eigenvalue weighted by Crippen LogP contribution is -2.33. The first-order valence-electron chi connectivity index (χ1n) is 6.23. The summed E-state index contributed by atoms with van der Waals surface area (Å²) in [5.74, 6) is 0. The molecule has 96 valence electrons. The molecule has 0 aromatic carbocycles. The van der Waals surface area contributed by atoms with Gasteiger partial charge >= 0.3 is 0 Å².